The summed E-state index contributed by atoms with van der Waals surface area (Å²) in [6.45, 7) is 1.01. The Morgan fingerprint density at radius 3 is 3.06 bits per heavy atom. The van der Waals surface area contributed by atoms with Crippen molar-refractivity contribution in [2.75, 3.05) is 0 Å². The Morgan fingerprint density at radius 1 is 1.38 bits per heavy atom. The second-order valence-electron chi connectivity index (χ2n) is 4.07. The van der Waals surface area contributed by atoms with Crippen LogP contribution in [0.15, 0.2) is 40.2 Å². The summed E-state index contributed by atoms with van der Waals surface area (Å²) in [4.78, 5) is 1.43. The highest BCUT2D eigenvalue weighted by atomic mass is 79.9. The van der Waals surface area contributed by atoms with Crippen LogP contribution in [0.2, 0.25) is 0 Å². The molecule has 0 saturated carbocycles. The van der Waals surface area contributed by atoms with Crippen LogP contribution < -0.4 is 5.32 Å². The third-order valence-electron chi connectivity index (χ3n) is 3.00. The fourth-order valence-corrected chi connectivity index (χ4v) is 3.72. The van der Waals surface area contributed by atoms with E-state index in [2.05, 4.69) is 57.0 Å². The molecule has 16 heavy (non-hydrogen) atoms. The molecule has 2 heterocycles. The lowest BCUT2D eigenvalue weighted by atomic mass is 10.0. The molecule has 2 aromatic rings. The topological polar surface area (TPSA) is 12.0 Å². The molecule has 1 atom stereocenters. The number of hydrogen-bond acceptors (Lipinski definition) is 2. The van der Waals surface area contributed by atoms with Gasteiger partial charge in [0, 0.05) is 33.7 Å². The number of fused-ring (bicyclic) bond motifs is 1. The Hall–Kier alpha value is -0.640. The molecule has 1 aromatic heterocycles. The lowest BCUT2D eigenvalue weighted by Gasteiger charge is -2.10. The van der Waals surface area contributed by atoms with Crippen LogP contribution in [0.5, 0.6) is 0 Å². The molecule has 0 fully saturated rings. The van der Waals surface area contributed by atoms with E-state index in [1.807, 2.05) is 11.3 Å². The van der Waals surface area contributed by atoms with E-state index >= 15 is 0 Å². The van der Waals surface area contributed by atoms with Crippen molar-refractivity contribution in [3.05, 3.63) is 56.2 Å². The predicted molar refractivity (Wildman–Crippen MR) is 71.7 cm³/mol. The van der Waals surface area contributed by atoms with E-state index in [4.69, 9.17) is 0 Å². The van der Waals surface area contributed by atoms with E-state index in [1.165, 1.54) is 20.5 Å². The molecule has 3 rings (SSSR count). The van der Waals surface area contributed by atoms with Crippen molar-refractivity contribution in [3.63, 3.8) is 0 Å². The Kier molecular flexibility index (Phi) is 2.84. The van der Waals surface area contributed by atoms with Crippen LogP contribution in [0.3, 0.4) is 0 Å². The van der Waals surface area contributed by atoms with Crippen LogP contribution in [0, 0.1) is 0 Å². The summed E-state index contributed by atoms with van der Waals surface area (Å²) < 4.78 is 1.19. The SMILES string of the molecule is Brc1csc(CC2NCc3ccccc32)c1. The summed E-state index contributed by atoms with van der Waals surface area (Å²) in [6, 6.07) is 11.4. The zero-order chi connectivity index (χ0) is 11.0. The maximum Gasteiger partial charge on any atom is 0.0374 e. The van der Waals surface area contributed by atoms with Crippen molar-refractivity contribution in [3.8, 4) is 0 Å². The lowest BCUT2D eigenvalue weighted by Crippen LogP contribution is -2.13. The summed E-state index contributed by atoms with van der Waals surface area (Å²) in [7, 11) is 0. The zero-order valence-corrected chi connectivity index (χ0v) is 11.1. The average molecular weight is 294 g/mol. The fraction of sp³-hybridized carbons (Fsp3) is 0.231. The van der Waals surface area contributed by atoms with Crippen molar-refractivity contribution in [1.82, 2.24) is 5.32 Å². The largest absolute Gasteiger partial charge is 0.306 e. The first-order valence-corrected chi connectivity index (χ1v) is 7.04. The van der Waals surface area contributed by atoms with Crippen molar-refractivity contribution in [1.29, 1.82) is 0 Å². The lowest BCUT2D eigenvalue weighted by molar-refractivity contribution is 0.585. The molecule has 82 valence electrons. The fourth-order valence-electron chi connectivity index (χ4n) is 2.22. The number of hydrogen-bond donors (Lipinski definition) is 1. The molecule has 1 N–H and O–H groups in total. The minimum absolute atomic E-state index is 0.488. The van der Waals surface area contributed by atoms with Gasteiger partial charge in [0.15, 0.2) is 0 Å². The second-order valence-corrected chi connectivity index (χ2v) is 5.98. The molecule has 0 bridgehead atoms. The summed E-state index contributed by atoms with van der Waals surface area (Å²) in [5.41, 5.74) is 2.91. The van der Waals surface area contributed by atoms with E-state index in [0.717, 1.165) is 13.0 Å². The maximum absolute atomic E-state index is 3.57. The first-order chi connectivity index (χ1) is 7.83. The first-order valence-electron chi connectivity index (χ1n) is 5.37. The van der Waals surface area contributed by atoms with Crippen LogP contribution in [0.4, 0.5) is 0 Å². The van der Waals surface area contributed by atoms with Gasteiger partial charge in [0.1, 0.15) is 0 Å². The molecule has 1 aliphatic heterocycles. The maximum atomic E-state index is 3.57. The molecule has 0 aliphatic carbocycles. The minimum Gasteiger partial charge on any atom is -0.306 e. The van der Waals surface area contributed by atoms with Crippen molar-refractivity contribution in [2.45, 2.75) is 19.0 Å². The van der Waals surface area contributed by atoms with Gasteiger partial charge in [0.05, 0.1) is 0 Å². The molecule has 1 unspecified atom stereocenters. The smallest absolute Gasteiger partial charge is 0.0374 e. The van der Waals surface area contributed by atoms with Gasteiger partial charge in [-0.3, -0.25) is 0 Å². The van der Waals surface area contributed by atoms with E-state index in [-0.39, 0.29) is 0 Å². The van der Waals surface area contributed by atoms with Gasteiger partial charge < -0.3 is 5.32 Å². The number of thiophene rings is 1. The third-order valence-corrected chi connectivity index (χ3v) is 4.72. The normalized spacial score (nSPS) is 18.7. The quantitative estimate of drug-likeness (QED) is 0.886. The minimum atomic E-state index is 0.488. The zero-order valence-electron chi connectivity index (χ0n) is 8.74. The van der Waals surface area contributed by atoms with Crippen molar-refractivity contribution >= 4 is 27.3 Å². The highest BCUT2D eigenvalue weighted by Gasteiger charge is 2.21. The molecule has 0 radical (unpaired) electrons. The Labute approximate surface area is 108 Å². The van der Waals surface area contributed by atoms with Crippen molar-refractivity contribution in [2.24, 2.45) is 0 Å². The molecule has 0 saturated heterocycles. The van der Waals surface area contributed by atoms with E-state index in [9.17, 15) is 0 Å². The molecule has 3 heteroatoms. The van der Waals surface area contributed by atoms with Crippen LogP contribution in [-0.4, -0.2) is 0 Å². The van der Waals surface area contributed by atoms with Gasteiger partial charge in [0.25, 0.3) is 0 Å². The van der Waals surface area contributed by atoms with Gasteiger partial charge >= 0.3 is 0 Å². The van der Waals surface area contributed by atoms with Crippen LogP contribution in [0.1, 0.15) is 22.0 Å². The van der Waals surface area contributed by atoms with Crippen molar-refractivity contribution < 1.29 is 0 Å². The molecule has 0 spiro atoms. The van der Waals surface area contributed by atoms with Crippen LogP contribution in [-0.2, 0) is 13.0 Å². The Bertz CT molecular complexity index is 506. The summed E-state index contributed by atoms with van der Waals surface area (Å²) in [5.74, 6) is 0. The highest BCUT2D eigenvalue weighted by Crippen LogP contribution is 2.30. The molecular formula is C13H12BrNS. The molecule has 1 nitrogen and oxygen atoms in total. The van der Waals surface area contributed by atoms with Gasteiger partial charge in [-0.05, 0) is 33.1 Å². The number of halogens is 1. The standard InChI is InChI=1S/C13H12BrNS/c14-10-5-11(16-8-10)6-13-12-4-2-1-3-9(12)7-15-13/h1-5,8,13,15H,6-7H2. The number of benzene rings is 1. The third kappa shape index (κ3) is 1.95. The van der Waals surface area contributed by atoms with Gasteiger partial charge in [0.2, 0.25) is 0 Å². The number of rotatable bonds is 2. The van der Waals surface area contributed by atoms with Gasteiger partial charge in [-0.15, -0.1) is 11.3 Å². The van der Waals surface area contributed by atoms with Crippen LogP contribution >= 0.6 is 27.3 Å². The van der Waals surface area contributed by atoms with E-state index in [0.29, 0.717) is 6.04 Å². The van der Waals surface area contributed by atoms with Gasteiger partial charge in [-0.2, -0.15) is 0 Å². The van der Waals surface area contributed by atoms with Crippen LogP contribution in [0.25, 0.3) is 0 Å². The first kappa shape index (κ1) is 10.5. The molecular weight excluding hydrogens is 282 g/mol. The van der Waals surface area contributed by atoms with Gasteiger partial charge in [-0.1, -0.05) is 24.3 Å². The molecule has 1 aliphatic rings. The summed E-state index contributed by atoms with van der Waals surface area (Å²) in [5, 5.41) is 5.72. The Morgan fingerprint density at radius 2 is 2.25 bits per heavy atom. The predicted octanol–water partition coefficient (Wildman–Crippen LogP) is 3.90. The Balaban J connectivity index is 1.83. The molecule has 1 aromatic carbocycles. The van der Waals surface area contributed by atoms with Gasteiger partial charge in [-0.25, -0.2) is 0 Å². The number of nitrogens with one attached hydrogen (secondary N) is 1. The highest BCUT2D eigenvalue weighted by molar-refractivity contribution is 9.10. The summed E-state index contributed by atoms with van der Waals surface area (Å²) >= 11 is 5.33. The average Bonchev–Trinajstić information content (AvgIpc) is 2.87. The molecule has 0 amide bonds. The second kappa shape index (κ2) is 4.32. The van der Waals surface area contributed by atoms with E-state index in [1.54, 1.807) is 0 Å². The monoisotopic (exact) mass is 293 g/mol. The van der Waals surface area contributed by atoms with E-state index < -0.39 is 0 Å². The summed E-state index contributed by atoms with van der Waals surface area (Å²) in [6.07, 6.45) is 1.09.